The van der Waals surface area contributed by atoms with Gasteiger partial charge in [-0.25, -0.2) is 9.78 Å². The molecule has 1 aromatic carbocycles. The number of rotatable bonds is 2. The van der Waals surface area contributed by atoms with Gasteiger partial charge in [0.05, 0.1) is 23.4 Å². The van der Waals surface area contributed by atoms with E-state index in [2.05, 4.69) is 21.0 Å². The Morgan fingerprint density at radius 1 is 1.38 bits per heavy atom. The van der Waals surface area contributed by atoms with E-state index in [1.54, 1.807) is 18.5 Å². The molecule has 4 rings (SSSR count). The van der Waals surface area contributed by atoms with Crippen molar-refractivity contribution in [3.05, 3.63) is 52.0 Å². The van der Waals surface area contributed by atoms with E-state index in [1.165, 1.54) is 10.4 Å². The maximum atomic E-state index is 11.3. The van der Waals surface area contributed by atoms with Crippen LogP contribution in [0.25, 0.3) is 11.0 Å². The number of aryl methyl sites for hydroxylation is 1. The Balaban J connectivity index is 1.90. The summed E-state index contributed by atoms with van der Waals surface area (Å²) in [6, 6.07) is 7.82. The zero-order chi connectivity index (χ0) is 14.4. The van der Waals surface area contributed by atoms with Gasteiger partial charge in [-0.2, -0.15) is 0 Å². The number of aromatic nitrogens is 2. The second-order valence-corrected chi connectivity index (χ2v) is 6.34. The molecule has 0 saturated heterocycles. The Morgan fingerprint density at radius 2 is 2.29 bits per heavy atom. The van der Waals surface area contributed by atoms with E-state index in [-0.39, 0.29) is 11.6 Å². The Kier molecular flexibility index (Phi) is 2.82. The Hall–Kier alpha value is -2.14. The maximum Gasteiger partial charge on any atom is 0.337 e. The normalized spacial score (nSPS) is 17.8. The van der Waals surface area contributed by atoms with Crippen LogP contribution < -0.4 is 0 Å². The van der Waals surface area contributed by atoms with Crippen LogP contribution in [0.1, 0.15) is 39.7 Å². The van der Waals surface area contributed by atoms with Crippen molar-refractivity contribution in [2.75, 3.05) is 0 Å². The highest BCUT2D eigenvalue weighted by Crippen LogP contribution is 2.37. The minimum absolute atomic E-state index is 0.271. The van der Waals surface area contributed by atoms with Crippen molar-refractivity contribution in [1.29, 1.82) is 0 Å². The van der Waals surface area contributed by atoms with Crippen molar-refractivity contribution in [3.8, 4) is 0 Å². The molecule has 4 nitrogen and oxygen atoms in total. The Labute approximate surface area is 125 Å². The van der Waals surface area contributed by atoms with E-state index < -0.39 is 5.97 Å². The van der Waals surface area contributed by atoms with Crippen molar-refractivity contribution < 1.29 is 9.90 Å². The van der Waals surface area contributed by atoms with Crippen LogP contribution >= 0.6 is 11.3 Å². The number of nitrogens with zero attached hydrogens (tertiary/aromatic N) is 2. The van der Waals surface area contributed by atoms with Crippen LogP contribution in [0.5, 0.6) is 0 Å². The first kappa shape index (κ1) is 12.6. The summed E-state index contributed by atoms with van der Waals surface area (Å²) in [7, 11) is 0. The number of carbonyl (C=O) groups is 1. The molecule has 1 aliphatic rings. The molecule has 106 valence electrons. The smallest absolute Gasteiger partial charge is 0.337 e. The average Bonchev–Trinajstić information content (AvgIpc) is 3.12. The van der Waals surface area contributed by atoms with Crippen molar-refractivity contribution in [1.82, 2.24) is 9.55 Å². The summed E-state index contributed by atoms with van der Waals surface area (Å²) in [4.78, 5) is 17.1. The highest BCUT2D eigenvalue weighted by molar-refractivity contribution is 7.10. The first-order chi connectivity index (χ1) is 10.3. The lowest BCUT2D eigenvalue weighted by Gasteiger charge is -2.24. The number of imidazole rings is 1. The van der Waals surface area contributed by atoms with Gasteiger partial charge in [0.2, 0.25) is 0 Å². The monoisotopic (exact) mass is 298 g/mol. The first-order valence-electron chi connectivity index (χ1n) is 7.01. The number of para-hydroxylation sites is 1. The second kappa shape index (κ2) is 4.70. The number of aromatic carboxylic acids is 1. The summed E-state index contributed by atoms with van der Waals surface area (Å²) in [6.45, 7) is 0. The second-order valence-electron chi connectivity index (χ2n) is 5.34. The van der Waals surface area contributed by atoms with Crippen LogP contribution in [0.4, 0.5) is 0 Å². The van der Waals surface area contributed by atoms with Gasteiger partial charge in [-0.15, -0.1) is 11.3 Å². The van der Waals surface area contributed by atoms with Crippen LogP contribution in [0.3, 0.4) is 0 Å². The fraction of sp³-hybridized carbons (Fsp3) is 0.250. The van der Waals surface area contributed by atoms with Crippen LogP contribution in [-0.4, -0.2) is 20.6 Å². The summed E-state index contributed by atoms with van der Waals surface area (Å²) in [5, 5.41) is 11.4. The Bertz CT molecular complexity index is 834. The summed E-state index contributed by atoms with van der Waals surface area (Å²) in [6.07, 6.45) is 5.17. The molecule has 1 aliphatic carbocycles. The summed E-state index contributed by atoms with van der Waals surface area (Å²) in [5.41, 5.74) is 3.12. The van der Waals surface area contributed by atoms with E-state index in [0.29, 0.717) is 5.52 Å². The van der Waals surface area contributed by atoms with E-state index >= 15 is 0 Å². The van der Waals surface area contributed by atoms with Crippen molar-refractivity contribution in [3.63, 3.8) is 0 Å². The summed E-state index contributed by atoms with van der Waals surface area (Å²) in [5.74, 6) is -0.925. The molecule has 0 saturated carbocycles. The van der Waals surface area contributed by atoms with Crippen molar-refractivity contribution in [2.45, 2.75) is 25.3 Å². The highest BCUT2D eigenvalue weighted by Gasteiger charge is 2.24. The Morgan fingerprint density at radius 3 is 3.14 bits per heavy atom. The summed E-state index contributed by atoms with van der Waals surface area (Å²) < 4.78 is 2.13. The number of fused-ring (bicyclic) bond motifs is 2. The highest BCUT2D eigenvalue weighted by atomic mass is 32.1. The van der Waals surface area contributed by atoms with Crippen LogP contribution in [0, 0.1) is 0 Å². The SMILES string of the molecule is O=C(O)c1cccc2c1ncn2C1CCCc2sccc21. The zero-order valence-electron chi connectivity index (χ0n) is 11.3. The maximum absolute atomic E-state index is 11.3. The predicted octanol–water partition coefficient (Wildman–Crippen LogP) is 3.72. The van der Waals surface area contributed by atoms with Gasteiger partial charge < -0.3 is 9.67 Å². The van der Waals surface area contributed by atoms with Crippen LogP contribution in [-0.2, 0) is 6.42 Å². The van der Waals surface area contributed by atoms with Crippen molar-refractivity contribution in [2.24, 2.45) is 0 Å². The number of hydrogen-bond donors (Lipinski definition) is 1. The topological polar surface area (TPSA) is 55.1 Å². The number of benzene rings is 1. The third-order valence-electron chi connectivity index (χ3n) is 4.19. The van der Waals surface area contributed by atoms with E-state index in [1.807, 2.05) is 17.4 Å². The van der Waals surface area contributed by atoms with Gasteiger partial charge in [0.1, 0.15) is 5.52 Å². The number of hydrogen-bond acceptors (Lipinski definition) is 3. The van der Waals surface area contributed by atoms with E-state index in [0.717, 1.165) is 24.8 Å². The molecule has 0 radical (unpaired) electrons. The number of thiophene rings is 1. The molecule has 5 heteroatoms. The zero-order valence-corrected chi connectivity index (χ0v) is 12.1. The van der Waals surface area contributed by atoms with Crippen LogP contribution in [0.2, 0.25) is 0 Å². The number of carboxylic acids is 1. The fourth-order valence-electron chi connectivity index (χ4n) is 3.23. The van der Waals surface area contributed by atoms with Gasteiger partial charge in [-0.05, 0) is 48.4 Å². The molecule has 1 atom stereocenters. The molecular formula is C16H14N2O2S. The molecule has 0 spiro atoms. The molecular weight excluding hydrogens is 284 g/mol. The molecule has 2 heterocycles. The molecule has 1 N–H and O–H groups in total. The molecule has 1 unspecified atom stereocenters. The molecule has 21 heavy (non-hydrogen) atoms. The van der Waals surface area contributed by atoms with Gasteiger partial charge in [-0.3, -0.25) is 0 Å². The van der Waals surface area contributed by atoms with Gasteiger partial charge >= 0.3 is 5.97 Å². The van der Waals surface area contributed by atoms with Crippen molar-refractivity contribution >= 4 is 28.3 Å². The van der Waals surface area contributed by atoms with E-state index in [9.17, 15) is 9.90 Å². The van der Waals surface area contributed by atoms with Gasteiger partial charge in [0.25, 0.3) is 0 Å². The molecule has 0 aliphatic heterocycles. The minimum atomic E-state index is -0.925. The lowest BCUT2D eigenvalue weighted by molar-refractivity contribution is 0.0699. The third-order valence-corrected chi connectivity index (χ3v) is 5.19. The van der Waals surface area contributed by atoms with Gasteiger partial charge in [0.15, 0.2) is 0 Å². The largest absolute Gasteiger partial charge is 0.478 e. The van der Waals surface area contributed by atoms with Crippen LogP contribution in [0.15, 0.2) is 36.0 Å². The predicted molar refractivity (Wildman–Crippen MR) is 82.1 cm³/mol. The quantitative estimate of drug-likeness (QED) is 0.784. The lowest BCUT2D eigenvalue weighted by Crippen LogP contribution is -2.14. The fourth-order valence-corrected chi connectivity index (χ4v) is 4.21. The molecule has 2 aromatic heterocycles. The van der Waals surface area contributed by atoms with E-state index in [4.69, 9.17) is 0 Å². The first-order valence-corrected chi connectivity index (χ1v) is 7.89. The molecule has 3 aromatic rings. The molecule has 0 fully saturated rings. The lowest BCUT2D eigenvalue weighted by atomic mass is 9.93. The third kappa shape index (κ3) is 1.88. The van der Waals surface area contributed by atoms with Gasteiger partial charge in [-0.1, -0.05) is 6.07 Å². The van der Waals surface area contributed by atoms with Gasteiger partial charge in [0, 0.05) is 4.88 Å². The molecule has 0 bridgehead atoms. The minimum Gasteiger partial charge on any atom is -0.478 e. The average molecular weight is 298 g/mol. The molecule has 0 amide bonds. The number of carboxylic acid groups (broad SMARTS) is 1. The standard InChI is InChI=1S/C16H14N2O2S/c19-16(20)11-3-1-5-13-15(11)17-9-18(13)12-4-2-6-14-10(12)7-8-21-14/h1,3,5,7-9,12H,2,4,6H2,(H,19,20). The summed E-state index contributed by atoms with van der Waals surface area (Å²) >= 11 is 1.81.